The summed E-state index contributed by atoms with van der Waals surface area (Å²) in [6.45, 7) is 2.33. The van der Waals surface area contributed by atoms with Gasteiger partial charge in [-0.1, -0.05) is 52.3 Å². The predicted octanol–water partition coefficient (Wildman–Crippen LogP) is 3.56. The van der Waals surface area contributed by atoms with Gasteiger partial charge in [0, 0.05) is 5.33 Å². The molecule has 0 aromatic heterocycles. The zero-order valence-electron chi connectivity index (χ0n) is 9.45. The molecule has 0 saturated carbocycles. The Morgan fingerprint density at radius 1 is 1.19 bits per heavy atom. The van der Waals surface area contributed by atoms with E-state index in [1.54, 1.807) is 0 Å². The van der Waals surface area contributed by atoms with Crippen molar-refractivity contribution in [1.82, 2.24) is 5.32 Å². The maximum Gasteiger partial charge on any atom is 0.0215 e. The largest absolute Gasteiger partial charge is 0.317 e. The number of nitrogens with one attached hydrogen (secondary N) is 1. The topological polar surface area (TPSA) is 12.0 Å². The zero-order valence-corrected chi connectivity index (χ0v) is 11.0. The highest BCUT2D eigenvalue weighted by Crippen LogP contribution is 2.25. The Hall–Kier alpha value is -0.600. The normalized spacial score (nSPS) is 18.1. The molecule has 0 unspecified atom stereocenters. The number of hydrogen-bond donors (Lipinski definition) is 1. The number of alkyl halides is 1. The summed E-state index contributed by atoms with van der Waals surface area (Å²) in [6, 6.07) is 9.00. The second-order valence-corrected chi connectivity index (χ2v) is 4.90. The van der Waals surface area contributed by atoms with Crippen LogP contribution in [-0.4, -0.2) is 18.4 Å². The van der Waals surface area contributed by atoms with Gasteiger partial charge in [0.25, 0.3) is 0 Å². The first-order valence-corrected chi connectivity index (χ1v) is 7.05. The number of hydrogen-bond acceptors (Lipinski definition) is 1. The monoisotopic (exact) mass is 279 g/mol. The minimum Gasteiger partial charge on any atom is -0.317 e. The molecule has 1 N–H and O–H groups in total. The first kappa shape index (κ1) is 11.9. The summed E-state index contributed by atoms with van der Waals surface area (Å²) in [7, 11) is 0. The van der Waals surface area contributed by atoms with Crippen molar-refractivity contribution in [3.63, 3.8) is 0 Å². The van der Waals surface area contributed by atoms with Gasteiger partial charge in [0.05, 0.1) is 0 Å². The van der Waals surface area contributed by atoms with Crippen LogP contribution in [0.4, 0.5) is 0 Å². The summed E-state index contributed by atoms with van der Waals surface area (Å²) >= 11 is 3.39. The SMILES string of the molecule is BrCC=Cc1ccc(C2CCNCC2)cc1. The molecule has 0 amide bonds. The van der Waals surface area contributed by atoms with Crippen LogP contribution in [0.1, 0.15) is 29.9 Å². The number of halogens is 1. The van der Waals surface area contributed by atoms with E-state index in [-0.39, 0.29) is 0 Å². The fourth-order valence-corrected chi connectivity index (χ4v) is 2.40. The fraction of sp³-hybridized carbons (Fsp3) is 0.429. The van der Waals surface area contributed by atoms with Gasteiger partial charge in [-0.05, 0) is 43.0 Å². The van der Waals surface area contributed by atoms with Gasteiger partial charge in [-0.3, -0.25) is 0 Å². The van der Waals surface area contributed by atoms with Crippen LogP contribution in [0.3, 0.4) is 0 Å². The minimum atomic E-state index is 0.760. The third-order valence-electron chi connectivity index (χ3n) is 3.15. The molecule has 1 aromatic carbocycles. The van der Waals surface area contributed by atoms with Gasteiger partial charge in [0.15, 0.2) is 0 Å². The van der Waals surface area contributed by atoms with Crippen molar-refractivity contribution in [3.8, 4) is 0 Å². The molecule has 2 rings (SSSR count). The van der Waals surface area contributed by atoms with Crippen LogP contribution < -0.4 is 5.32 Å². The van der Waals surface area contributed by atoms with Gasteiger partial charge in [-0.15, -0.1) is 0 Å². The number of piperidine rings is 1. The molecule has 1 aromatic rings. The lowest BCUT2D eigenvalue weighted by molar-refractivity contribution is 0.460. The summed E-state index contributed by atoms with van der Waals surface area (Å²) < 4.78 is 0. The molecule has 1 aliphatic heterocycles. The Morgan fingerprint density at radius 2 is 1.88 bits per heavy atom. The van der Waals surface area contributed by atoms with Gasteiger partial charge in [-0.2, -0.15) is 0 Å². The molecule has 0 bridgehead atoms. The van der Waals surface area contributed by atoms with E-state index in [1.807, 2.05) is 0 Å². The fourth-order valence-electron chi connectivity index (χ4n) is 2.22. The maximum absolute atomic E-state index is 3.41. The average molecular weight is 280 g/mol. The van der Waals surface area contributed by atoms with E-state index in [9.17, 15) is 0 Å². The van der Waals surface area contributed by atoms with Crippen molar-refractivity contribution >= 4 is 22.0 Å². The van der Waals surface area contributed by atoms with Crippen molar-refractivity contribution in [2.75, 3.05) is 18.4 Å². The van der Waals surface area contributed by atoms with Crippen LogP contribution in [0.25, 0.3) is 6.08 Å². The van der Waals surface area contributed by atoms with E-state index in [0.717, 1.165) is 24.3 Å². The smallest absolute Gasteiger partial charge is 0.0215 e. The van der Waals surface area contributed by atoms with Crippen molar-refractivity contribution < 1.29 is 0 Å². The molecular weight excluding hydrogens is 262 g/mol. The molecule has 1 aliphatic rings. The lowest BCUT2D eigenvalue weighted by atomic mass is 9.90. The molecule has 86 valence electrons. The second-order valence-electron chi connectivity index (χ2n) is 4.25. The molecule has 0 radical (unpaired) electrons. The highest BCUT2D eigenvalue weighted by molar-refractivity contribution is 9.09. The lowest BCUT2D eigenvalue weighted by Crippen LogP contribution is -2.26. The number of allylic oxidation sites excluding steroid dienone is 1. The molecule has 16 heavy (non-hydrogen) atoms. The van der Waals surface area contributed by atoms with Gasteiger partial charge < -0.3 is 5.32 Å². The average Bonchev–Trinajstić information content (AvgIpc) is 2.38. The Morgan fingerprint density at radius 3 is 2.50 bits per heavy atom. The third kappa shape index (κ3) is 3.19. The summed E-state index contributed by atoms with van der Waals surface area (Å²) in [5.41, 5.74) is 2.79. The molecule has 1 fully saturated rings. The lowest BCUT2D eigenvalue weighted by Gasteiger charge is -2.22. The molecule has 0 atom stereocenters. The maximum atomic E-state index is 3.41. The molecule has 1 heterocycles. The van der Waals surface area contributed by atoms with Gasteiger partial charge >= 0.3 is 0 Å². The van der Waals surface area contributed by atoms with E-state index >= 15 is 0 Å². The van der Waals surface area contributed by atoms with Crippen LogP contribution in [0, 0.1) is 0 Å². The summed E-state index contributed by atoms with van der Waals surface area (Å²) in [6.07, 6.45) is 6.83. The summed E-state index contributed by atoms with van der Waals surface area (Å²) in [5, 5.41) is 4.33. The van der Waals surface area contributed by atoms with Crippen LogP contribution >= 0.6 is 15.9 Å². The third-order valence-corrected chi connectivity index (χ3v) is 3.52. The van der Waals surface area contributed by atoms with E-state index < -0.39 is 0 Å². The summed E-state index contributed by atoms with van der Waals surface area (Å²) in [4.78, 5) is 0. The van der Waals surface area contributed by atoms with Crippen molar-refractivity contribution in [1.29, 1.82) is 0 Å². The van der Waals surface area contributed by atoms with E-state index in [2.05, 4.69) is 57.7 Å². The Balaban J connectivity index is 2.03. The highest BCUT2D eigenvalue weighted by Gasteiger charge is 2.14. The van der Waals surface area contributed by atoms with E-state index in [4.69, 9.17) is 0 Å². The second kappa shape index (κ2) is 6.21. The minimum absolute atomic E-state index is 0.760. The van der Waals surface area contributed by atoms with E-state index in [0.29, 0.717) is 0 Å². The van der Waals surface area contributed by atoms with E-state index in [1.165, 1.54) is 24.0 Å². The first-order chi connectivity index (χ1) is 7.90. The Kier molecular flexibility index (Phi) is 4.61. The highest BCUT2D eigenvalue weighted by atomic mass is 79.9. The predicted molar refractivity (Wildman–Crippen MR) is 74.1 cm³/mol. The first-order valence-electron chi connectivity index (χ1n) is 5.93. The van der Waals surface area contributed by atoms with Crippen molar-refractivity contribution in [2.45, 2.75) is 18.8 Å². The van der Waals surface area contributed by atoms with Gasteiger partial charge in [0.1, 0.15) is 0 Å². The molecule has 2 heteroatoms. The molecule has 0 spiro atoms. The van der Waals surface area contributed by atoms with Crippen LogP contribution in [-0.2, 0) is 0 Å². The number of rotatable bonds is 3. The van der Waals surface area contributed by atoms with Crippen LogP contribution in [0.15, 0.2) is 30.3 Å². The van der Waals surface area contributed by atoms with Crippen molar-refractivity contribution in [3.05, 3.63) is 41.5 Å². The molecular formula is C14H18BrN. The number of benzene rings is 1. The van der Waals surface area contributed by atoms with Crippen molar-refractivity contribution in [2.24, 2.45) is 0 Å². The molecule has 1 saturated heterocycles. The Labute approximate surface area is 106 Å². The summed E-state index contributed by atoms with van der Waals surface area (Å²) in [5.74, 6) is 0.760. The van der Waals surface area contributed by atoms with Crippen LogP contribution in [0.5, 0.6) is 0 Å². The molecule has 1 nitrogen and oxygen atoms in total. The Bertz CT molecular complexity index is 336. The van der Waals surface area contributed by atoms with Gasteiger partial charge in [-0.25, -0.2) is 0 Å². The molecule has 0 aliphatic carbocycles. The zero-order chi connectivity index (χ0) is 11.2. The standard InChI is InChI=1S/C14H18BrN/c15-9-1-2-12-3-5-13(6-4-12)14-7-10-16-11-8-14/h1-6,14,16H,7-11H2. The quantitative estimate of drug-likeness (QED) is 0.835. The van der Waals surface area contributed by atoms with Crippen LogP contribution in [0.2, 0.25) is 0 Å². The van der Waals surface area contributed by atoms with Gasteiger partial charge in [0.2, 0.25) is 0 Å².